The van der Waals surface area contributed by atoms with Crippen LogP contribution in [0, 0.1) is 0 Å². The monoisotopic (exact) mass is 283 g/mol. The van der Waals surface area contributed by atoms with Crippen LogP contribution >= 0.6 is 0 Å². The Balaban J connectivity index is 1.93. The van der Waals surface area contributed by atoms with Gasteiger partial charge in [0.2, 0.25) is 0 Å². The Kier molecular flexibility index (Phi) is 4.86. The number of carboxylic acids is 1. The van der Waals surface area contributed by atoms with Crippen LogP contribution in [-0.4, -0.2) is 77.1 Å². The Morgan fingerprint density at radius 1 is 1.25 bits per heavy atom. The third kappa shape index (κ3) is 3.06. The number of likely N-dealkylation sites (N-methyl/N-ethyl adjacent to an activating group) is 2. The number of urea groups is 1. The zero-order valence-corrected chi connectivity index (χ0v) is 12.4. The van der Waals surface area contributed by atoms with Crippen molar-refractivity contribution in [2.45, 2.75) is 44.7 Å². The fraction of sp³-hybridized carbons (Fsp3) is 0.857. The van der Waals surface area contributed by atoms with Gasteiger partial charge >= 0.3 is 12.0 Å². The molecule has 20 heavy (non-hydrogen) atoms. The molecule has 2 fully saturated rings. The van der Waals surface area contributed by atoms with Gasteiger partial charge in [0.1, 0.15) is 6.04 Å². The van der Waals surface area contributed by atoms with E-state index in [4.69, 9.17) is 5.11 Å². The summed E-state index contributed by atoms with van der Waals surface area (Å²) >= 11 is 0. The molecule has 2 aliphatic heterocycles. The van der Waals surface area contributed by atoms with Crippen molar-refractivity contribution in [3.8, 4) is 0 Å². The van der Waals surface area contributed by atoms with Crippen molar-refractivity contribution in [3.63, 3.8) is 0 Å². The van der Waals surface area contributed by atoms with Gasteiger partial charge in [-0.2, -0.15) is 0 Å². The average molecular weight is 283 g/mol. The first-order valence-electron chi connectivity index (χ1n) is 7.53. The van der Waals surface area contributed by atoms with Gasteiger partial charge in [0.25, 0.3) is 0 Å². The van der Waals surface area contributed by atoms with E-state index in [1.807, 2.05) is 0 Å². The Morgan fingerprint density at radius 2 is 1.95 bits per heavy atom. The predicted octanol–water partition coefficient (Wildman–Crippen LogP) is 1.07. The molecule has 1 unspecified atom stereocenters. The highest BCUT2D eigenvalue weighted by atomic mass is 16.4. The molecule has 2 heterocycles. The minimum Gasteiger partial charge on any atom is -0.480 e. The maximum absolute atomic E-state index is 12.4. The number of carbonyl (C=O) groups is 2. The molecule has 2 saturated heterocycles. The molecule has 2 aliphatic rings. The fourth-order valence-electron chi connectivity index (χ4n) is 3.38. The lowest BCUT2D eigenvalue weighted by Gasteiger charge is -2.31. The molecule has 0 spiro atoms. The fourth-order valence-corrected chi connectivity index (χ4v) is 3.38. The van der Waals surface area contributed by atoms with E-state index in [1.165, 1.54) is 11.3 Å². The van der Waals surface area contributed by atoms with E-state index >= 15 is 0 Å². The highest BCUT2D eigenvalue weighted by Gasteiger charge is 2.36. The van der Waals surface area contributed by atoms with Gasteiger partial charge in [-0.1, -0.05) is 6.92 Å². The van der Waals surface area contributed by atoms with Gasteiger partial charge in [-0.15, -0.1) is 0 Å². The standard InChI is InChI=1S/C14H25N3O3/c1-3-16-8-4-6-11(16)10-15(2)14(20)17-9-5-7-12(17)13(18)19/h11-12H,3-10H2,1-2H3,(H,18,19)/t11?,12-/m0/s1. The second-order valence-electron chi connectivity index (χ2n) is 5.78. The first-order valence-corrected chi connectivity index (χ1v) is 7.53. The van der Waals surface area contributed by atoms with Crippen molar-refractivity contribution in [2.24, 2.45) is 0 Å². The third-order valence-corrected chi connectivity index (χ3v) is 4.50. The summed E-state index contributed by atoms with van der Waals surface area (Å²) < 4.78 is 0. The quantitative estimate of drug-likeness (QED) is 0.838. The zero-order chi connectivity index (χ0) is 14.7. The van der Waals surface area contributed by atoms with E-state index in [1.54, 1.807) is 11.9 Å². The molecule has 0 saturated carbocycles. The molecular formula is C14H25N3O3. The molecule has 114 valence electrons. The molecule has 0 bridgehead atoms. The molecule has 6 nitrogen and oxygen atoms in total. The number of rotatable bonds is 4. The topological polar surface area (TPSA) is 64.1 Å². The lowest BCUT2D eigenvalue weighted by Crippen LogP contribution is -2.49. The summed E-state index contributed by atoms with van der Waals surface area (Å²) in [4.78, 5) is 29.2. The van der Waals surface area contributed by atoms with Gasteiger partial charge in [-0.05, 0) is 38.8 Å². The summed E-state index contributed by atoms with van der Waals surface area (Å²) in [7, 11) is 1.78. The molecule has 6 heteroatoms. The van der Waals surface area contributed by atoms with Crippen LogP contribution in [0.5, 0.6) is 0 Å². The average Bonchev–Trinajstić information content (AvgIpc) is 3.05. The zero-order valence-electron chi connectivity index (χ0n) is 12.4. The third-order valence-electron chi connectivity index (χ3n) is 4.50. The minimum absolute atomic E-state index is 0.141. The molecule has 2 atom stereocenters. The second-order valence-corrected chi connectivity index (χ2v) is 5.78. The number of carboxylic acid groups (broad SMARTS) is 1. The van der Waals surface area contributed by atoms with E-state index < -0.39 is 12.0 Å². The van der Waals surface area contributed by atoms with Crippen LogP contribution < -0.4 is 0 Å². The Hall–Kier alpha value is -1.30. The van der Waals surface area contributed by atoms with Crippen LogP contribution in [0.15, 0.2) is 0 Å². The van der Waals surface area contributed by atoms with Crippen LogP contribution in [0.25, 0.3) is 0 Å². The van der Waals surface area contributed by atoms with Crippen molar-refractivity contribution in [1.29, 1.82) is 0 Å². The van der Waals surface area contributed by atoms with Gasteiger partial charge < -0.3 is 14.9 Å². The first-order chi connectivity index (χ1) is 9.54. The lowest BCUT2D eigenvalue weighted by molar-refractivity contribution is -0.141. The molecule has 0 radical (unpaired) electrons. The van der Waals surface area contributed by atoms with Gasteiger partial charge in [-0.25, -0.2) is 9.59 Å². The molecule has 0 aromatic carbocycles. The van der Waals surface area contributed by atoms with Crippen LogP contribution in [0.3, 0.4) is 0 Å². The number of hydrogen-bond donors (Lipinski definition) is 1. The summed E-state index contributed by atoms with van der Waals surface area (Å²) in [5, 5.41) is 9.16. The summed E-state index contributed by atoms with van der Waals surface area (Å²) in [6.45, 7) is 5.50. The summed E-state index contributed by atoms with van der Waals surface area (Å²) in [6, 6.07) is -0.367. The number of likely N-dealkylation sites (tertiary alicyclic amines) is 2. The highest BCUT2D eigenvalue weighted by Crippen LogP contribution is 2.21. The van der Waals surface area contributed by atoms with Crippen LogP contribution in [0.4, 0.5) is 4.79 Å². The van der Waals surface area contributed by atoms with E-state index in [0.717, 1.165) is 25.9 Å². The van der Waals surface area contributed by atoms with Gasteiger partial charge in [0, 0.05) is 26.2 Å². The van der Waals surface area contributed by atoms with Crippen molar-refractivity contribution in [1.82, 2.24) is 14.7 Å². The van der Waals surface area contributed by atoms with E-state index in [-0.39, 0.29) is 6.03 Å². The number of aliphatic carboxylic acids is 1. The second kappa shape index (κ2) is 6.43. The van der Waals surface area contributed by atoms with E-state index in [2.05, 4.69) is 11.8 Å². The van der Waals surface area contributed by atoms with Gasteiger partial charge in [0.05, 0.1) is 0 Å². The largest absolute Gasteiger partial charge is 0.480 e. The smallest absolute Gasteiger partial charge is 0.326 e. The first kappa shape index (κ1) is 15.1. The highest BCUT2D eigenvalue weighted by molar-refractivity contribution is 5.83. The van der Waals surface area contributed by atoms with Crippen LogP contribution in [0.2, 0.25) is 0 Å². The Bertz CT molecular complexity index is 375. The number of nitrogens with zero attached hydrogens (tertiary/aromatic N) is 3. The van der Waals surface area contributed by atoms with Crippen LogP contribution in [0.1, 0.15) is 32.6 Å². The molecular weight excluding hydrogens is 258 g/mol. The number of hydrogen-bond acceptors (Lipinski definition) is 3. The van der Waals surface area contributed by atoms with Crippen molar-refractivity contribution in [2.75, 3.05) is 33.2 Å². The molecule has 1 N–H and O–H groups in total. The van der Waals surface area contributed by atoms with E-state index in [9.17, 15) is 9.59 Å². The molecule has 0 aliphatic carbocycles. The maximum atomic E-state index is 12.4. The number of carbonyl (C=O) groups excluding carboxylic acids is 1. The summed E-state index contributed by atoms with van der Waals surface area (Å²) in [6.07, 6.45) is 3.65. The number of amides is 2. The summed E-state index contributed by atoms with van der Waals surface area (Å²) in [5.41, 5.74) is 0. The summed E-state index contributed by atoms with van der Waals surface area (Å²) in [5.74, 6) is -0.889. The Morgan fingerprint density at radius 3 is 2.60 bits per heavy atom. The molecule has 0 aromatic heterocycles. The van der Waals surface area contributed by atoms with Crippen molar-refractivity contribution >= 4 is 12.0 Å². The predicted molar refractivity (Wildman–Crippen MR) is 75.7 cm³/mol. The maximum Gasteiger partial charge on any atom is 0.326 e. The van der Waals surface area contributed by atoms with Gasteiger partial charge in [0.15, 0.2) is 0 Å². The van der Waals surface area contributed by atoms with Crippen molar-refractivity contribution < 1.29 is 14.7 Å². The SMILES string of the molecule is CCN1CCCC1CN(C)C(=O)N1CCC[C@H]1C(=O)O. The minimum atomic E-state index is -0.889. The van der Waals surface area contributed by atoms with E-state index in [0.29, 0.717) is 25.6 Å². The Labute approximate surface area is 120 Å². The molecule has 2 amide bonds. The normalized spacial score (nSPS) is 27.0. The van der Waals surface area contributed by atoms with Gasteiger partial charge in [-0.3, -0.25) is 4.90 Å². The van der Waals surface area contributed by atoms with Crippen molar-refractivity contribution in [3.05, 3.63) is 0 Å². The molecule has 2 rings (SSSR count). The lowest BCUT2D eigenvalue weighted by atomic mass is 10.2. The molecule has 0 aromatic rings. The van der Waals surface area contributed by atoms with Crippen LogP contribution in [-0.2, 0) is 4.79 Å².